The van der Waals surface area contributed by atoms with Crippen molar-refractivity contribution in [3.63, 3.8) is 0 Å². The highest BCUT2D eigenvalue weighted by molar-refractivity contribution is 5.76. The van der Waals surface area contributed by atoms with Gasteiger partial charge in [0.1, 0.15) is 19.6 Å². The molecule has 3 nitrogen and oxygen atoms in total. The highest BCUT2D eigenvalue weighted by Gasteiger charge is 2.37. The minimum atomic E-state index is 0.241. The second-order valence-electron chi connectivity index (χ2n) is 9.96. The van der Waals surface area contributed by atoms with Crippen LogP contribution in [-0.2, 0) is 6.54 Å². The maximum Gasteiger partial charge on any atom is 0.198 e. The molecule has 0 bridgehead atoms. The van der Waals surface area contributed by atoms with Crippen LogP contribution in [0, 0.1) is 0 Å². The molecule has 1 aromatic rings. The number of benzene rings is 1. The van der Waals surface area contributed by atoms with Crippen LogP contribution in [0.3, 0.4) is 0 Å². The van der Waals surface area contributed by atoms with Gasteiger partial charge in [-0.15, -0.1) is 0 Å². The van der Waals surface area contributed by atoms with E-state index in [0.29, 0.717) is 0 Å². The number of unbranched alkanes of at least 4 members (excludes halogenated alkanes) is 14. The van der Waals surface area contributed by atoms with Gasteiger partial charge in [-0.2, -0.15) is 0 Å². The predicted molar refractivity (Wildman–Crippen MR) is 139 cm³/mol. The predicted octanol–water partition coefficient (Wildman–Crippen LogP) is 7.67. The Balaban J connectivity index is 1.51. The van der Waals surface area contributed by atoms with Crippen molar-refractivity contribution in [1.82, 2.24) is 0 Å². The van der Waals surface area contributed by atoms with E-state index in [1.54, 1.807) is 0 Å². The van der Waals surface area contributed by atoms with Crippen LogP contribution in [0.1, 0.15) is 115 Å². The SMILES string of the molecule is CCCCCCCCCCCCCCCCCC1=NCC[N+]1(CCO)Cc1ccccc1. The Labute approximate surface area is 198 Å². The third-order valence-corrected chi connectivity index (χ3v) is 7.23. The van der Waals surface area contributed by atoms with E-state index in [9.17, 15) is 5.11 Å². The first kappa shape index (κ1) is 27.1. The van der Waals surface area contributed by atoms with Gasteiger partial charge in [-0.1, -0.05) is 127 Å². The second kappa shape index (κ2) is 17.3. The van der Waals surface area contributed by atoms with Crippen LogP contribution < -0.4 is 0 Å². The van der Waals surface area contributed by atoms with Gasteiger partial charge in [-0.05, 0) is 6.42 Å². The van der Waals surface area contributed by atoms with Crippen molar-refractivity contribution < 1.29 is 9.59 Å². The highest BCUT2D eigenvalue weighted by atomic mass is 16.3. The molecule has 1 aliphatic rings. The molecule has 1 heterocycles. The molecule has 32 heavy (non-hydrogen) atoms. The van der Waals surface area contributed by atoms with Gasteiger partial charge in [-0.25, -0.2) is 4.99 Å². The van der Waals surface area contributed by atoms with Gasteiger partial charge in [0.25, 0.3) is 0 Å². The summed E-state index contributed by atoms with van der Waals surface area (Å²) in [5.74, 6) is 1.33. The molecule has 2 rings (SSSR count). The van der Waals surface area contributed by atoms with Crippen LogP contribution in [0.15, 0.2) is 35.3 Å². The van der Waals surface area contributed by atoms with E-state index >= 15 is 0 Å². The Kier molecular flexibility index (Phi) is 14.6. The quantitative estimate of drug-likeness (QED) is 0.163. The molecule has 0 spiro atoms. The number of amidine groups is 1. The maximum absolute atomic E-state index is 9.72. The largest absolute Gasteiger partial charge is 0.390 e. The summed E-state index contributed by atoms with van der Waals surface area (Å²) in [5.41, 5.74) is 1.35. The highest BCUT2D eigenvalue weighted by Crippen LogP contribution is 2.24. The van der Waals surface area contributed by atoms with Crippen molar-refractivity contribution in [2.75, 3.05) is 26.2 Å². The molecule has 0 aliphatic carbocycles. The maximum atomic E-state index is 9.72. The fourth-order valence-electron chi connectivity index (χ4n) is 5.23. The number of rotatable bonds is 20. The molecule has 1 N–H and O–H groups in total. The van der Waals surface area contributed by atoms with Gasteiger partial charge in [0, 0.05) is 12.0 Å². The summed E-state index contributed by atoms with van der Waals surface area (Å²) < 4.78 is 0.874. The van der Waals surface area contributed by atoms with Crippen LogP contribution in [0.5, 0.6) is 0 Å². The van der Waals surface area contributed by atoms with E-state index in [0.717, 1.165) is 37.1 Å². The van der Waals surface area contributed by atoms with Gasteiger partial charge >= 0.3 is 0 Å². The molecule has 1 unspecified atom stereocenters. The van der Waals surface area contributed by atoms with Crippen molar-refractivity contribution in [2.45, 2.75) is 116 Å². The normalized spacial score (nSPS) is 18.2. The summed E-state index contributed by atoms with van der Waals surface area (Å²) >= 11 is 0. The number of hydrogen-bond acceptors (Lipinski definition) is 2. The van der Waals surface area contributed by atoms with Crippen LogP contribution in [0.25, 0.3) is 0 Å². The van der Waals surface area contributed by atoms with E-state index < -0.39 is 0 Å². The van der Waals surface area contributed by atoms with E-state index in [4.69, 9.17) is 4.99 Å². The Morgan fingerprint density at radius 1 is 0.750 bits per heavy atom. The minimum absolute atomic E-state index is 0.241. The molecule has 182 valence electrons. The van der Waals surface area contributed by atoms with Crippen molar-refractivity contribution in [1.29, 1.82) is 0 Å². The van der Waals surface area contributed by atoms with Crippen LogP contribution >= 0.6 is 0 Å². The van der Waals surface area contributed by atoms with E-state index in [2.05, 4.69) is 37.3 Å². The topological polar surface area (TPSA) is 32.6 Å². The lowest BCUT2D eigenvalue weighted by molar-refractivity contribution is -0.850. The van der Waals surface area contributed by atoms with Gasteiger partial charge in [0.05, 0.1) is 13.2 Å². The molecule has 0 fully saturated rings. The molecule has 0 saturated carbocycles. The Bertz CT molecular complexity index is 600. The number of nitrogens with zero attached hydrogens (tertiary/aromatic N) is 2. The summed E-state index contributed by atoms with van der Waals surface area (Å²) in [6.07, 6.45) is 22.2. The first-order valence-electron chi connectivity index (χ1n) is 13.9. The average molecular weight is 444 g/mol. The molecular formula is C29H51N2O+. The molecule has 0 radical (unpaired) electrons. The van der Waals surface area contributed by atoms with E-state index in [1.165, 1.54) is 108 Å². The zero-order valence-electron chi connectivity index (χ0n) is 21.1. The van der Waals surface area contributed by atoms with E-state index in [1.807, 2.05) is 0 Å². The molecule has 1 aliphatic heterocycles. The number of aliphatic hydroxyl groups is 1. The Hall–Kier alpha value is -1.19. The van der Waals surface area contributed by atoms with Crippen molar-refractivity contribution in [2.24, 2.45) is 4.99 Å². The fourth-order valence-corrected chi connectivity index (χ4v) is 5.23. The third kappa shape index (κ3) is 10.6. The minimum Gasteiger partial charge on any atom is -0.390 e. The number of aliphatic imine (C=N–C) groups is 1. The zero-order valence-corrected chi connectivity index (χ0v) is 21.1. The Morgan fingerprint density at radius 3 is 1.81 bits per heavy atom. The summed E-state index contributed by atoms with van der Waals surface area (Å²) in [5, 5.41) is 9.72. The van der Waals surface area contributed by atoms with Crippen molar-refractivity contribution in [3.05, 3.63) is 35.9 Å². The molecule has 1 aromatic carbocycles. The lowest BCUT2D eigenvalue weighted by atomic mass is 10.0. The van der Waals surface area contributed by atoms with Gasteiger partial charge in [0.15, 0.2) is 5.84 Å². The standard InChI is InChI=1S/C29H51N2O/c1-2-3-4-5-6-7-8-9-10-11-12-13-14-15-19-22-29-30-23-24-31(29,25-26-32)27-28-20-17-16-18-21-28/h16-18,20-21,32H,2-15,19,22-27H2,1H3/q+1. The van der Waals surface area contributed by atoms with Crippen molar-refractivity contribution in [3.8, 4) is 0 Å². The summed E-state index contributed by atoms with van der Waals surface area (Å²) in [4.78, 5) is 4.89. The van der Waals surface area contributed by atoms with Crippen molar-refractivity contribution >= 4 is 5.84 Å². The molecule has 3 heteroatoms. The monoisotopic (exact) mass is 443 g/mol. The lowest BCUT2D eigenvalue weighted by Crippen LogP contribution is -2.51. The molecular weight excluding hydrogens is 392 g/mol. The number of hydrogen-bond donors (Lipinski definition) is 1. The molecule has 1 atom stereocenters. The average Bonchev–Trinajstić information content (AvgIpc) is 3.19. The van der Waals surface area contributed by atoms with E-state index in [-0.39, 0.29) is 6.61 Å². The first-order chi connectivity index (χ1) is 15.8. The molecule has 0 aromatic heterocycles. The van der Waals surface area contributed by atoms with Gasteiger partial charge < -0.3 is 5.11 Å². The Morgan fingerprint density at radius 2 is 1.28 bits per heavy atom. The fraction of sp³-hybridized carbons (Fsp3) is 0.759. The zero-order chi connectivity index (χ0) is 22.7. The van der Waals surface area contributed by atoms with Crippen LogP contribution in [-0.4, -0.2) is 41.7 Å². The summed E-state index contributed by atoms with van der Waals surface area (Å²) in [6.45, 7) is 6.26. The molecule has 0 saturated heterocycles. The van der Waals surface area contributed by atoms with Crippen LogP contribution in [0.2, 0.25) is 0 Å². The third-order valence-electron chi connectivity index (χ3n) is 7.23. The number of aliphatic hydroxyl groups excluding tert-OH is 1. The number of quaternary nitrogens is 1. The molecule has 0 amide bonds. The lowest BCUT2D eigenvalue weighted by Gasteiger charge is -2.34. The van der Waals surface area contributed by atoms with Gasteiger partial charge in [0.2, 0.25) is 0 Å². The second-order valence-corrected chi connectivity index (χ2v) is 9.96. The summed E-state index contributed by atoms with van der Waals surface area (Å²) in [6, 6.07) is 10.7. The summed E-state index contributed by atoms with van der Waals surface area (Å²) in [7, 11) is 0. The first-order valence-corrected chi connectivity index (χ1v) is 13.9. The smallest absolute Gasteiger partial charge is 0.198 e. The van der Waals surface area contributed by atoms with Crippen LogP contribution in [0.4, 0.5) is 0 Å². The van der Waals surface area contributed by atoms with Gasteiger partial charge in [-0.3, -0.25) is 4.48 Å².